The fraction of sp³-hybridized carbons (Fsp3) is 0.400. The van der Waals surface area contributed by atoms with E-state index in [9.17, 15) is 0 Å². The second-order valence-corrected chi connectivity index (χ2v) is 6.02. The van der Waals surface area contributed by atoms with Crippen LogP contribution in [0.2, 0.25) is 10.0 Å². The fourth-order valence-electron chi connectivity index (χ4n) is 2.58. The van der Waals surface area contributed by atoms with Crippen LogP contribution in [-0.4, -0.2) is 34.0 Å². The number of ether oxygens (including phenoxy) is 2. The zero-order chi connectivity index (χ0) is 15.6. The maximum absolute atomic E-state index is 9.12. The van der Waals surface area contributed by atoms with Gasteiger partial charge in [0.1, 0.15) is 0 Å². The Balaban J connectivity index is 1.96. The lowest BCUT2D eigenvalue weighted by molar-refractivity contribution is -0.188. The van der Waals surface area contributed by atoms with Crippen LogP contribution >= 0.6 is 23.2 Å². The van der Waals surface area contributed by atoms with E-state index in [1.54, 1.807) is 24.7 Å². The Hall–Kier alpha value is -1.11. The van der Waals surface area contributed by atoms with Gasteiger partial charge in [0.15, 0.2) is 0 Å². The summed E-state index contributed by atoms with van der Waals surface area (Å²) >= 11 is 12.3. The third-order valence-corrected chi connectivity index (χ3v) is 4.15. The molecule has 2 aromatic rings. The predicted molar refractivity (Wildman–Crippen MR) is 82.9 cm³/mol. The average Bonchev–Trinajstić information content (AvgIpc) is 3.10. The lowest BCUT2D eigenvalue weighted by Crippen LogP contribution is -2.33. The maximum atomic E-state index is 9.12. The summed E-state index contributed by atoms with van der Waals surface area (Å²) in [4.78, 5) is 4.04. The predicted octanol–water partition coefficient (Wildman–Crippen LogP) is 2.84. The molecule has 2 atom stereocenters. The quantitative estimate of drug-likeness (QED) is 0.907. The first kappa shape index (κ1) is 15.8. The molecule has 1 fully saturated rings. The molecule has 0 amide bonds. The zero-order valence-electron chi connectivity index (χ0n) is 11.8. The van der Waals surface area contributed by atoms with Crippen LogP contribution in [0.1, 0.15) is 12.0 Å². The summed E-state index contributed by atoms with van der Waals surface area (Å²) in [6.45, 7) is 0.855. The Morgan fingerprint density at radius 2 is 2.27 bits per heavy atom. The second-order valence-electron chi connectivity index (χ2n) is 5.18. The monoisotopic (exact) mass is 342 g/mol. The lowest BCUT2D eigenvalue weighted by atomic mass is 10.1. The van der Waals surface area contributed by atoms with E-state index in [-0.39, 0.29) is 12.7 Å². The zero-order valence-corrected chi connectivity index (χ0v) is 13.3. The minimum Gasteiger partial charge on any atom is -0.396 e. The van der Waals surface area contributed by atoms with Crippen LogP contribution < -0.4 is 0 Å². The standard InChI is InChI=1S/C15H16Cl2N2O3/c16-11-1-2-13(14(17)7-11)15(9-19-5-4-18-10-19)21-8-12(22-15)3-6-20/h1-2,4-5,7,10,12,20H,3,6,8-9H2. The molecule has 22 heavy (non-hydrogen) atoms. The van der Waals surface area contributed by atoms with E-state index in [0.717, 1.165) is 0 Å². The topological polar surface area (TPSA) is 56.5 Å². The average molecular weight is 343 g/mol. The van der Waals surface area contributed by atoms with Gasteiger partial charge in [0, 0.05) is 29.6 Å². The molecule has 1 aliphatic heterocycles. The van der Waals surface area contributed by atoms with Crippen LogP contribution in [0.3, 0.4) is 0 Å². The highest BCUT2D eigenvalue weighted by molar-refractivity contribution is 6.35. The normalized spacial score (nSPS) is 24.8. The number of halogens is 2. The molecule has 2 heterocycles. The molecule has 2 unspecified atom stereocenters. The number of aromatic nitrogens is 2. The first-order valence-electron chi connectivity index (χ1n) is 6.97. The molecule has 1 aromatic heterocycles. The lowest BCUT2D eigenvalue weighted by Gasteiger charge is -2.30. The van der Waals surface area contributed by atoms with E-state index in [0.29, 0.717) is 35.2 Å². The van der Waals surface area contributed by atoms with Gasteiger partial charge in [-0.25, -0.2) is 4.98 Å². The van der Waals surface area contributed by atoms with Gasteiger partial charge in [-0.1, -0.05) is 29.3 Å². The molecular formula is C15H16Cl2N2O3. The second kappa shape index (κ2) is 6.56. The van der Waals surface area contributed by atoms with Gasteiger partial charge in [-0.2, -0.15) is 0 Å². The Kier molecular flexibility index (Phi) is 4.70. The van der Waals surface area contributed by atoms with Crippen molar-refractivity contribution < 1.29 is 14.6 Å². The molecule has 7 heteroatoms. The third kappa shape index (κ3) is 3.14. The van der Waals surface area contributed by atoms with Crippen molar-refractivity contribution in [2.24, 2.45) is 0 Å². The van der Waals surface area contributed by atoms with Crippen LogP contribution in [0, 0.1) is 0 Å². The number of hydrogen-bond acceptors (Lipinski definition) is 4. The number of aliphatic hydroxyl groups excluding tert-OH is 1. The Labute approximate surface area is 138 Å². The van der Waals surface area contributed by atoms with E-state index < -0.39 is 5.79 Å². The van der Waals surface area contributed by atoms with Gasteiger partial charge < -0.3 is 19.1 Å². The molecule has 0 bridgehead atoms. The largest absolute Gasteiger partial charge is 0.396 e. The van der Waals surface area contributed by atoms with Crippen molar-refractivity contribution in [1.29, 1.82) is 0 Å². The number of nitrogens with zero attached hydrogens (tertiary/aromatic N) is 2. The molecule has 0 spiro atoms. The summed E-state index contributed by atoms with van der Waals surface area (Å²) in [6, 6.07) is 5.23. The minimum absolute atomic E-state index is 0.0452. The van der Waals surface area contributed by atoms with Crippen molar-refractivity contribution in [2.45, 2.75) is 24.9 Å². The summed E-state index contributed by atoms with van der Waals surface area (Å²) in [5.74, 6) is -1.01. The molecule has 5 nitrogen and oxygen atoms in total. The van der Waals surface area contributed by atoms with Gasteiger partial charge in [-0.15, -0.1) is 0 Å². The number of aliphatic hydroxyl groups is 1. The summed E-state index contributed by atoms with van der Waals surface area (Å²) in [5.41, 5.74) is 0.715. The van der Waals surface area contributed by atoms with Gasteiger partial charge in [-0.05, 0) is 18.6 Å². The maximum Gasteiger partial charge on any atom is 0.215 e. The molecule has 1 N–H and O–H groups in total. The Bertz CT molecular complexity index is 636. The Morgan fingerprint density at radius 3 is 2.95 bits per heavy atom. The molecule has 1 saturated heterocycles. The number of hydrogen-bond donors (Lipinski definition) is 1. The SMILES string of the molecule is OCCC1COC(Cn2ccnc2)(c2ccc(Cl)cc2Cl)O1. The third-order valence-electron chi connectivity index (χ3n) is 3.60. The molecule has 0 saturated carbocycles. The highest BCUT2D eigenvalue weighted by Crippen LogP contribution is 2.40. The smallest absolute Gasteiger partial charge is 0.215 e. The summed E-state index contributed by atoms with van der Waals surface area (Å²) < 4.78 is 14.0. The van der Waals surface area contributed by atoms with Gasteiger partial charge in [0.05, 0.1) is 30.6 Å². The van der Waals surface area contributed by atoms with Crippen molar-refractivity contribution in [3.63, 3.8) is 0 Å². The van der Waals surface area contributed by atoms with Crippen LogP contribution in [-0.2, 0) is 21.8 Å². The number of benzene rings is 1. The van der Waals surface area contributed by atoms with E-state index >= 15 is 0 Å². The fourth-order valence-corrected chi connectivity index (χ4v) is 3.13. The molecule has 118 valence electrons. The molecular weight excluding hydrogens is 327 g/mol. The van der Waals surface area contributed by atoms with Gasteiger partial charge in [0.25, 0.3) is 0 Å². The minimum atomic E-state index is -1.01. The van der Waals surface area contributed by atoms with Crippen LogP contribution in [0.5, 0.6) is 0 Å². The summed E-state index contributed by atoms with van der Waals surface area (Å²) in [6.07, 6.45) is 5.55. The van der Waals surface area contributed by atoms with Crippen molar-refractivity contribution >= 4 is 23.2 Å². The Morgan fingerprint density at radius 1 is 1.41 bits per heavy atom. The summed E-state index contributed by atoms with van der Waals surface area (Å²) in [5, 5.41) is 10.2. The van der Waals surface area contributed by atoms with Crippen molar-refractivity contribution in [3.8, 4) is 0 Å². The van der Waals surface area contributed by atoms with Crippen LogP contribution in [0.25, 0.3) is 0 Å². The van der Waals surface area contributed by atoms with Crippen LogP contribution in [0.4, 0.5) is 0 Å². The van der Waals surface area contributed by atoms with E-state index in [4.69, 9.17) is 37.8 Å². The first-order valence-corrected chi connectivity index (χ1v) is 7.72. The number of rotatable bonds is 5. The van der Waals surface area contributed by atoms with Crippen molar-refractivity contribution in [1.82, 2.24) is 9.55 Å². The van der Waals surface area contributed by atoms with Gasteiger partial charge >= 0.3 is 0 Å². The van der Waals surface area contributed by atoms with Gasteiger partial charge in [0.2, 0.25) is 5.79 Å². The highest BCUT2D eigenvalue weighted by Gasteiger charge is 2.44. The molecule has 0 radical (unpaired) electrons. The van der Waals surface area contributed by atoms with Crippen molar-refractivity contribution in [3.05, 3.63) is 52.5 Å². The molecule has 3 rings (SSSR count). The van der Waals surface area contributed by atoms with E-state index in [1.807, 2.05) is 16.8 Å². The molecule has 1 aliphatic rings. The molecule has 1 aromatic carbocycles. The first-order chi connectivity index (χ1) is 10.6. The highest BCUT2D eigenvalue weighted by atomic mass is 35.5. The molecule has 0 aliphatic carbocycles. The van der Waals surface area contributed by atoms with E-state index in [2.05, 4.69) is 4.98 Å². The van der Waals surface area contributed by atoms with Crippen molar-refractivity contribution in [2.75, 3.05) is 13.2 Å². The van der Waals surface area contributed by atoms with Crippen LogP contribution in [0.15, 0.2) is 36.9 Å². The van der Waals surface area contributed by atoms with E-state index in [1.165, 1.54) is 0 Å². The van der Waals surface area contributed by atoms with Gasteiger partial charge in [-0.3, -0.25) is 0 Å². The summed E-state index contributed by atoms with van der Waals surface area (Å²) in [7, 11) is 0. The number of imidazole rings is 1.